The molecule has 0 aliphatic rings. The van der Waals surface area contributed by atoms with Crippen molar-refractivity contribution < 1.29 is 9.84 Å². The molecule has 0 amide bonds. The van der Waals surface area contributed by atoms with Crippen molar-refractivity contribution in [1.29, 1.82) is 0 Å². The van der Waals surface area contributed by atoms with Crippen LogP contribution in [0.25, 0.3) is 11.2 Å². The van der Waals surface area contributed by atoms with Crippen LogP contribution < -0.4 is 16.6 Å². The second kappa shape index (κ2) is 8.59. The fourth-order valence-electron chi connectivity index (χ4n) is 2.93. The summed E-state index contributed by atoms with van der Waals surface area (Å²) in [6.45, 7) is 1.27. The monoisotopic (exact) mass is 407 g/mol. The minimum Gasteiger partial charge on any atom is -0.394 e. The Bertz CT molecular complexity index is 1100. The highest BCUT2D eigenvalue weighted by atomic mass is 35.5. The summed E-state index contributed by atoms with van der Waals surface area (Å²) in [6.07, 6.45) is 0. The largest absolute Gasteiger partial charge is 0.394 e. The number of halogens is 1. The van der Waals surface area contributed by atoms with Crippen LogP contribution in [0.3, 0.4) is 0 Å². The van der Waals surface area contributed by atoms with Gasteiger partial charge in [0.1, 0.15) is 0 Å². The summed E-state index contributed by atoms with van der Waals surface area (Å²) in [5, 5.41) is 12.5. The molecule has 10 heteroatoms. The maximum Gasteiger partial charge on any atom is 0.332 e. The maximum atomic E-state index is 12.8. The molecular weight excluding hydrogens is 386 g/mol. The van der Waals surface area contributed by atoms with Crippen LogP contribution in [0, 0.1) is 0 Å². The highest BCUT2D eigenvalue weighted by Crippen LogP contribution is 2.21. The maximum absolute atomic E-state index is 12.8. The first-order chi connectivity index (χ1) is 13.5. The number of aromatic nitrogens is 4. The average Bonchev–Trinajstić information content (AvgIpc) is 3.05. The Labute approximate surface area is 165 Å². The molecule has 2 aromatic heterocycles. The molecule has 28 heavy (non-hydrogen) atoms. The van der Waals surface area contributed by atoms with E-state index in [0.717, 1.165) is 10.1 Å². The molecule has 0 saturated carbocycles. The third kappa shape index (κ3) is 3.82. The Morgan fingerprint density at radius 2 is 1.93 bits per heavy atom. The lowest BCUT2D eigenvalue weighted by Gasteiger charge is -2.12. The zero-order valence-corrected chi connectivity index (χ0v) is 16.4. The van der Waals surface area contributed by atoms with Crippen LogP contribution in [0.15, 0.2) is 33.9 Å². The number of nitrogens with zero attached hydrogens (tertiary/aromatic N) is 4. The summed E-state index contributed by atoms with van der Waals surface area (Å²) in [6, 6.07) is 7.34. The smallest absolute Gasteiger partial charge is 0.332 e. The van der Waals surface area contributed by atoms with E-state index in [-0.39, 0.29) is 13.2 Å². The normalized spacial score (nSPS) is 11.3. The van der Waals surface area contributed by atoms with Crippen LogP contribution >= 0.6 is 11.6 Å². The van der Waals surface area contributed by atoms with Crippen molar-refractivity contribution >= 4 is 28.7 Å². The number of anilines is 1. The Kier molecular flexibility index (Phi) is 6.18. The number of aryl methyl sites for hydroxylation is 1. The molecule has 0 radical (unpaired) electrons. The van der Waals surface area contributed by atoms with Gasteiger partial charge in [0.15, 0.2) is 11.2 Å². The van der Waals surface area contributed by atoms with Gasteiger partial charge in [0, 0.05) is 25.7 Å². The van der Waals surface area contributed by atoms with Crippen molar-refractivity contribution in [2.45, 2.75) is 6.54 Å². The van der Waals surface area contributed by atoms with E-state index < -0.39 is 11.2 Å². The van der Waals surface area contributed by atoms with E-state index in [1.54, 1.807) is 17.7 Å². The summed E-state index contributed by atoms with van der Waals surface area (Å²) in [4.78, 5) is 29.5. The summed E-state index contributed by atoms with van der Waals surface area (Å²) < 4.78 is 9.36. The molecule has 2 N–H and O–H groups in total. The molecule has 0 spiro atoms. The molecule has 0 saturated heterocycles. The van der Waals surface area contributed by atoms with Gasteiger partial charge in [-0.25, -0.2) is 4.79 Å². The summed E-state index contributed by atoms with van der Waals surface area (Å²) >= 11 is 6.30. The minimum atomic E-state index is -0.447. The molecule has 0 aliphatic heterocycles. The van der Waals surface area contributed by atoms with Crippen LogP contribution in [0.2, 0.25) is 5.02 Å². The average molecular weight is 408 g/mol. The lowest BCUT2D eigenvalue weighted by molar-refractivity contribution is 0.0991. The topological polar surface area (TPSA) is 103 Å². The second-order valence-corrected chi connectivity index (χ2v) is 6.66. The molecule has 0 aliphatic carbocycles. The molecule has 0 atom stereocenters. The first-order valence-electron chi connectivity index (χ1n) is 8.77. The lowest BCUT2D eigenvalue weighted by Crippen LogP contribution is -2.37. The van der Waals surface area contributed by atoms with Crippen LogP contribution in [0.5, 0.6) is 0 Å². The number of hydrogen-bond donors (Lipinski definition) is 2. The van der Waals surface area contributed by atoms with E-state index in [1.165, 1.54) is 11.6 Å². The van der Waals surface area contributed by atoms with Crippen molar-refractivity contribution in [3.63, 3.8) is 0 Å². The number of nitrogens with one attached hydrogen (secondary N) is 1. The Morgan fingerprint density at radius 3 is 2.64 bits per heavy atom. The third-order valence-electron chi connectivity index (χ3n) is 4.40. The first-order valence-corrected chi connectivity index (χ1v) is 9.15. The van der Waals surface area contributed by atoms with Crippen LogP contribution in [-0.2, 0) is 25.4 Å². The minimum absolute atomic E-state index is 0.0524. The van der Waals surface area contributed by atoms with E-state index in [0.29, 0.717) is 41.8 Å². The molecule has 0 unspecified atom stereocenters. The molecule has 2 heterocycles. The zero-order chi connectivity index (χ0) is 20.3. The number of aliphatic hydroxyl groups is 1. The number of imidazole rings is 1. The molecular formula is C18H22ClN5O4. The highest BCUT2D eigenvalue weighted by molar-refractivity contribution is 6.31. The number of hydrogen-bond acceptors (Lipinski definition) is 6. The third-order valence-corrected chi connectivity index (χ3v) is 4.77. The summed E-state index contributed by atoms with van der Waals surface area (Å²) in [5.41, 5.74) is 0.543. The van der Waals surface area contributed by atoms with Crippen molar-refractivity contribution in [1.82, 2.24) is 18.7 Å². The standard InChI is InChI=1S/C18H22ClN5O4/c1-22-15-14(16(26)23(2)18(22)27)24(11-12-5-3-4-6-13(12)19)17(21-15)20-7-9-28-10-8-25/h3-6,25H,7-11H2,1-2H3,(H,20,21). The quantitative estimate of drug-likeness (QED) is 0.529. The van der Waals surface area contributed by atoms with E-state index in [1.807, 2.05) is 18.2 Å². The fraction of sp³-hybridized carbons (Fsp3) is 0.389. The molecule has 1 aromatic carbocycles. The van der Waals surface area contributed by atoms with Gasteiger partial charge in [0.25, 0.3) is 5.56 Å². The van der Waals surface area contributed by atoms with Crippen molar-refractivity contribution in [2.24, 2.45) is 14.1 Å². The van der Waals surface area contributed by atoms with E-state index in [9.17, 15) is 9.59 Å². The van der Waals surface area contributed by atoms with Crippen LogP contribution in [0.4, 0.5) is 5.95 Å². The number of ether oxygens (including phenoxy) is 1. The predicted molar refractivity (Wildman–Crippen MR) is 107 cm³/mol. The van der Waals surface area contributed by atoms with Gasteiger partial charge in [0.2, 0.25) is 5.95 Å². The molecule has 3 rings (SSSR count). The number of fused-ring (bicyclic) bond motifs is 1. The Hall–Kier alpha value is -2.62. The van der Waals surface area contributed by atoms with Crippen molar-refractivity contribution in [3.8, 4) is 0 Å². The fourth-order valence-corrected chi connectivity index (χ4v) is 3.13. The van der Waals surface area contributed by atoms with Crippen LogP contribution in [0.1, 0.15) is 5.56 Å². The Balaban J connectivity index is 2.08. The van der Waals surface area contributed by atoms with E-state index >= 15 is 0 Å². The lowest BCUT2D eigenvalue weighted by atomic mass is 10.2. The van der Waals surface area contributed by atoms with Gasteiger partial charge in [0.05, 0.1) is 26.4 Å². The number of rotatable bonds is 8. The summed E-state index contributed by atoms with van der Waals surface area (Å²) in [5.74, 6) is 0.431. The van der Waals surface area contributed by atoms with Gasteiger partial charge in [-0.15, -0.1) is 0 Å². The second-order valence-electron chi connectivity index (χ2n) is 6.25. The molecule has 9 nitrogen and oxygen atoms in total. The molecule has 0 bridgehead atoms. The van der Waals surface area contributed by atoms with Crippen LogP contribution in [-0.4, -0.2) is 50.2 Å². The number of benzene rings is 1. The predicted octanol–water partition coefficient (Wildman–Crippen LogP) is 0.556. The molecule has 3 aromatic rings. The van der Waals surface area contributed by atoms with Gasteiger partial charge in [-0.2, -0.15) is 4.98 Å². The van der Waals surface area contributed by atoms with E-state index in [2.05, 4.69) is 10.3 Å². The molecule has 0 fully saturated rings. The number of aliphatic hydroxyl groups excluding tert-OH is 1. The van der Waals surface area contributed by atoms with Gasteiger partial charge in [-0.3, -0.25) is 18.5 Å². The summed E-state index contributed by atoms with van der Waals surface area (Å²) in [7, 11) is 3.01. The molecule has 150 valence electrons. The first kappa shape index (κ1) is 20.1. The Morgan fingerprint density at radius 1 is 1.18 bits per heavy atom. The highest BCUT2D eigenvalue weighted by Gasteiger charge is 2.19. The van der Waals surface area contributed by atoms with Gasteiger partial charge < -0.3 is 15.2 Å². The van der Waals surface area contributed by atoms with Crippen molar-refractivity contribution in [3.05, 3.63) is 55.7 Å². The van der Waals surface area contributed by atoms with Crippen molar-refractivity contribution in [2.75, 3.05) is 31.7 Å². The zero-order valence-electron chi connectivity index (χ0n) is 15.7. The van der Waals surface area contributed by atoms with Gasteiger partial charge in [-0.05, 0) is 11.6 Å². The van der Waals surface area contributed by atoms with E-state index in [4.69, 9.17) is 21.4 Å². The van der Waals surface area contributed by atoms with Gasteiger partial charge >= 0.3 is 5.69 Å². The van der Waals surface area contributed by atoms with Gasteiger partial charge in [-0.1, -0.05) is 29.8 Å². The SMILES string of the molecule is Cn1c(=O)c2c(nc(NCCOCCO)n2Cc2ccccc2Cl)n(C)c1=O.